The van der Waals surface area contributed by atoms with Gasteiger partial charge in [0.05, 0.1) is 12.5 Å². The Kier molecular flexibility index (Phi) is 8.25. The van der Waals surface area contributed by atoms with Crippen LogP contribution in [0.1, 0.15) is 30.1 Å². The fraction of sp³-hybridized carbons (Fsp3) is 0.474. The number of esters is 1. The van der Waals surface area contributed by atoms with Crippen molar-refractivity contribution in [3.8, 4) is 0 Å². The predicted molar refractivity (Wildman–Crippen MR) is 103 cm³/mol. The minimum Gasteiger partial charge on any atom is -0.455 e. The summed E-state index contributed by atoms with van der Waals surface area (Å²) in [6.45, 7) is 2.53. The van der Waals surface area contributed by atoms with E-state index < -0.39 is 18.5 Å². The highest BCUT2D eigenvalue weighted by Gasteiger charge is 2.29. The molecule has 0 unspecified atom stereocenters. The normalized spacial score (nSPS) is 14.3. The number of ether oxygens (including phenoxy) is 1. The Balaban J connectivity index is 1.71. The molecule has 1 aliphatic heterocycles. The summed E-state index contributed by atoms with van der Waals surface area (Å²) >= 11 is 5.83. The minimum absolute atomic E-state index is 0.104. The number of amides is 3. The Morgan fingerprint density at radius 2 is 1.71 bits per heavy atom. The van der Waals surface area contributed by atoms with Crippen LogP contribution in [0.4, 0.5) is 0 Å². The number of carbonyl (C=O) groups excluding carboxylic acids is 4. The van der Waals surface area contributed by atoms with Crippen molar-refractivity contribution in [1.29, 1.82) is 0 Å². The molecule has 1 aromatic carbocycles. The number of halogens is 1. The van der Waals surface area contributed by atoms with Crippen LogP contribution in [0.25, 0.3) is 0 Å². The molecule has 2 N–H and O–H groups in total. The van der Waals surface area contributed by atoms with Gasteiger partial charge in [0, 0.05) is 30.2 Å². The van der Waals surface area contributed by atoms with Gasteiger partial charge >= 0.3 is 5.97 Å². The third-order valence-corrected chi connectivity index (χ3v) is 4.62. The van der Waals surface area contributed by atoms with Gasteiger partial charge in [-0.2, -0.15) is 0 Å². The summed E-state index contributed by atoms with van der Waals surface area (Å²) in [6.07, 6.45) is 0.942. The van der Waals surface area contributed by atoms with E-state index in [9.17, 15) is 19.2 Å². The van der Waals surface area contributed by atoms with Crippen molar-refractivity contribution in [2.24, 2.45) is 5.92 Å². The smallest absolute Gasteiger partial charge is 0.309 e. The van der Waals surface area contributed by atoms with E-state index in [-0.39, 0.29) is 24.3 Å². The predicted octanol–water partition coefficient (Wildman–Crippen LogP) is 0.988. The molecule has 1 fully saturated rings. The van der Waals surface area contributed by atoms with Crippen molar-refractivity contribution < 1.29 is 23.9 Å². The number of hydrogen-bond donors (Lipinski definition) is 2. The van der Waals surface area contributed by atoms with Gasteiger partial charge in [-0.05, 0) is 44.0 Å². The van der Waals surface area contributed by atoms with E-state index in [2.05, 4.69) is 10.6 Å². The maximum atomic E-state index is 12.5. The lowest BCUT2D eigenvalue weighted by Gasteiger charge is -2.31. The molecule has 8 nitrogen and oxygen atoms in total. The standard InChI is InChI=1S/C19H24ClN3O5/c1-2-21-16(24)11-22-17(25)12-28-19(27)14-7-9-23(10-8-14)18(26)13-3-5-15(20)6-4-13/h3-6,14H,2,7-12H2,1H3,(H,21,24)(H,22,25). The quantitative estimate of drug-likeness (QED) is 0.653. The first-order valence-corrected chi connectivity index (χ1v) is 9.53. The van der Waals surface area contributed by atoms with Gasteiger partial charge in [0.15, 0.2) is 6.61 Å². The molecular formula is C19H24ClN3O5. The number of hydrogen-bond acceptors (Lipinski definition) is 5. The SMILES string of the molecule is CCNC(=O)CNC(=O)COC(=O)C1CCN(C(=O)c2ccc(Cl)cc2)CC1. The molecule has 1 aliphatic rings. The molecule has 152 valence electrons. The second kappa shape index (κ2) is 10.7. The molecule has 28 heavy (non-hydrogen) atoms. The molecule has 3 amide bonds. The van der Waals surface area contributed by atoms with Gasteiger partial charge in [-0.3, -0.25) is 19.2 Å². The Labute approximate surface area is 168 Å². The van der Waals surface area contributed by atoms with Crippen molar-refractivity contribution in [1.82, 2.24) is 15.5 Å². The number of nitrogens with one attached hydrogen (secondary N) is 2. The summed E-state index contributed by atoms with van der Waals surface area (Å²) in [5.74, 6) is -1.76. The zero-order valence-corrected chi connectivity index (χ0v) is 16.5. The first kappa shape index (κ1) is 21.7. The first-order valence-electron chi connectivity index (χ1n) is 9.15. The monoisotopic (exact) mass is 409 g/mol. The van der Waals surface area contributed by atoms with Gasteiger partial charge in [0.25, 0.3) is 11.8 Å². The molecule has 1 heterocycles. The molecule has 0 spiro atoms. The molecule has 1 aromatic rings. The lowest BCUT2D eigenvalue weighted by Crippen LogP contribution is -2.41. The zero-order chi connectivity index (χ0) is 20.5. The van der Waals surface area contributed by atoms with E-state index >= 15 is 0 Å². The van der Waals surface area contributed by atoms with Crippen LogP contribution in [-0.2, 0) is 19.1 Å². The Morgan fingerprint density at radius 1 is 1.07 bits per heavy atom. The maximum Gasteiger partial charge on any atom is 0.309 e. The van der Waals surface area contributed by atoms with E-state index in [1.165, 1.54) is 0 Å². The van der Waals surface area contributed by atoms with Gasteiger partial charge in [0.2, 0.25) is 5.91 Å². The van der Waals surface area contributed by atoms with Crippen LogP contribution < -0.4 is 10.6 Å². The fourth-order valence-electron chi connectivity index (χ4n) is 2.84. The Hall–Kier alpha value is -2.61. The van der Waals surface area contributed by atoms with Gasteiger partial charge in [-0.25, -0.2) is 0 Å². The lowest BCUT2D eigenvalue weighted by molar-refractivity contribution is -0.153. The molecule has 0 atom stereocenters. The van der Waals surface area contributed by atoms with Crippen LogP contribution in [0.5, 0.6) is 0 Å². The van der Waals surface area contributed by atoms with Gasteiger partial charge in [-0.1, -0.05) is 11.6 Å². The largest absolute Gasteiger partial charge is 0.455 e. The molecule has 2 rings (SSSR count). The van der Waals surface area contributed by atoms with Gasteiger partial charge < -0.3 is 20.3 Å². The summed E-state index contributed by atoms with van der Waals surface area (Å²) in [7, 11) is 0. The maximum absolute atomic E-state index is 12.5. The van der Waals surface area contributed by atoms with Crippen molar-refractivity contribution in [2.75, 3.05) is 32.8 Å². The van der Waals surface area contributed by atoms with Crippen molar-refractivity contribution in [2.45, 2.75) is 19.8 Å². The number of carbonyl (C=O) groups is 4. The van der Waals surface area contributed by atoms with Crippen LogP contribution in [0.2, 0.25) is 5.02 Å². The van der Waals surface area contributed by atoms with E-state index in [1.54, 1.807) is 36.1 Å². The van der Waals surface area contributed by atoms with Crippen molar-refractivity contribution in [3.05, 3.63) is 34.9 Å². The lowest BCUT2D eigenvalue weighted by atomic mass is 9.96. The second-order valence-electron chi connectivity index (χ2n) is 6.41. The molecule has 1 saturated heterocycles. The van der Waals surface area contributed by atoms with Crippen LogP contribution in [-0.4, -0.2) is 61.4 Å². The van der Waals surface area contributed by atoms with Crippen molar-refractivity contribution >= 4 is 35.3 Å². The summed E-state index contributed by atoms with van der Waals surface area (Å²) in [6, 6.07) is 6.67. The summed E-state index contributed by atoms with van der Waals surface area (Å²) in [5.41, 5.74) is 0.550. The van der Waals surface area contributed by atoms with E-state index in [4.69, 9.17) is 16.3 Å². The summed E-state index contributed by atoms with van der Waals surface area (Å²) in [4.78, 5) is 49.2. The second-order valence-corrected chi connectivity index (χ2v) is 6.85. The number of benzene rings is 1. The highest BCUT2D eigenvalue weighted by atomic mass is 35.5. The summed E-state index contributed by atoms with van der Waals surface area (Å²) < 4.78 is 5.03. The number of likely N-dealkylation sites (tertiary alicyclic amines) is 1. The Morgan fingerprint density at radius 3 is 2.32 bits per heavy atom. The summed E-state index contributed by atoms with van der Waals surface area (Å²) in [5, 5.41) is 5.49. The average Bonchev–Trinajstić information content (AvgIpc) is 2.71. The highest BCUT2D eigenvalue weighted by Crippen LogP contribution is 2.21. The topological polar surface area (TPSA) is 105 Å². The molecule has 9 heteroatoms. The van der Waals surface area contributed by atoms with Gasteiger partial charge in [0.1, 0.15) is 0 Å². The highest BCUT2D eigenvalue weighted by molar-refractivity contribution is 6.30. The third kappa shape index (κ3) is 6.53. The Bertz CT molecular complexity index is 715. The molecule has 0 saturated carbocycles. The molecule has 0 bridgehead atoms. The van der Waals surface area contributed by atoms with Crippen LogP contribution >= 0.6 is 11.6 Å². The van der Waals surface area contributed by atoms with E-state index in [1.807, 2.05) is 0 Å². The molecule has 0 radical (unpaired) electrons. The number of nitrogens with zero attached hydrogens (tertiary/aromatic N) is 1. The van der Waals surface area contributed by atoms with Crippen LogP contribution in [0.3, 0.4) is 0 Å². The van der Waals surface area contributed by atoms with Crippen LogP contribution in [0.15, 0.2) is 24.3 Å². The minimum atomic E-state index is -0.532. The molecule has 0 aromatic heterocycles. The number of piperidine rings is 1. The third-order valence-electron chi connectivity index (χ3n) is 4.37. The first-order chi connectivity index (χ1) is 13.4. The van der Waals surface area contributed by atoms with Crippen LogP contribution in [0, 0.1) is 5.92 Å². The molecular weight excluding hydrogens is 386 g/mol. The van der Waals surface area contributed by atoms with E-state index in [0.717, 1.165) is 0 Å². The zero-order valence-electron chi connectivity index (χ0n) is 15.7. The average molecular weight is 410 g/mol. The fourth-order valence-corrected chi connectivity index (χ4v) is 2.96. The number of rotatable bonds is 7. The van der Waals surface area contributed by atoms with E-state index in [0.29, 0.717) is 43.1 Å². The van der Waals surface area contributed by atoms with Crippen molar-refractivity contribution in [3.63, 3.8) is 0 Å². The molecule has 0 aliphatic carbocycles. The van der Waals surface area contributed by atoms with Gasteiger partial charge in [-0.15, -0.1) is 0 Å². The number of likely N-dealkylation sites (N-methyl/N-ethyl adjacent to an activating group) is 1.